The number of hydrogen-bond acceptors (Lipinski definition) is 1. The number of halogens is 3. The Morgan fingerprint density at radius 3 is 2.71 bits per heavy atom. The Kier molecular flexibility index (Phi) is 4.13. The zero-order chi connectivity index (χ0) is 14.8. The van der Waals surface area contributed by atoms with Gasteiger partial charge in [0.25, 0.3) is 0 Å². The molecule has 0 saturated heterocycles. The number of fused-ring (bicyclic) bond motifs is 1. The predicted octanol–water partition coefficient (Wildman–Crippen LogP) is 5.97. The van der Waals surface area contributed by atoms with Gasteiger partial charge in [0.2, 0.25) is 0 Å². The third-order valence-corrected chi connectivity index (χ3v) is 4.14. The lowest BCUT2D eigenvalue weighted by atomic mass is 10.1. The molecule has 0 radical (unpaired) electrons. The van der Waals surface area contributed by atoms with Crippen LogP contribution in [0.3, 0.4) is 0 Å². The number of rotatable bonds is 3. The summed E-state index contributed by atoms with van der Waals surface area (Å²) in [6.45, 7) is 0.166. The highest BCUT2D eigenvalue weighted by atomic mass is 79.9. The van der Waals surface area contributed by atoms with E-state index in [9.17, 15) is 4.39 Å². The van der Waals surface area contributed by atoms with Crippen molar-refractivity contribution in [3.63, 3.8) is 0 Å². The monoisotopic (exact) mass is 364 g/mol. The van der Waals surface area contributed by atoms with Crippen LogP contribution < -0.4 is 4.74 Å². The Hall–Kier alpha value is -1.58. The normalized spacial score (nSPS) is 10.8. The Labute approximate surface area is 135 Å². The van der Waals surface area contributed by atoms with Crippen molar-refractivity contribution >= 4 is 38.3 Å². The van der Waals surface area contributed by atoms with Gasteiger partial charge in [0, 0.05) is 15.1 Å². The van der Waals surface area contributed by atoms with Gasteiger partial charge in [-0.2, -0.15) is 0 Å². The standard InChI is InChI=1S/C17H11BrClFO/c18-16-3-1-2-11-5-7-14(9-15(11)16)21-10-12-4-6-13(19)8-17(12)20/h1-9H,10H2. The van der Waals surface area contributed by atoms with Crippen LogP contribution in [-0.4, -0.2) is 0 Å². The first kappa shape index (κ1) is 14.4. The van der Waals surface area contributed by atoms with Crippen LogP contribution in [-0.2, 0) is 6.61 Å². The summed E-state index contributed by atoms with van der Waals surface area (Å²) in [6, 6.07) is 16.4. The topological polar surface area (TPSA) is 9.23 Å². The summed E-state index contributed by atoms with van der Waals surface area (Å²) in [5.74, 6) is 0.341. The van der Waals surface area contributed by atoms with Crippen LogP contribution in [0.2, 0.25) is 5.02 Å². The van der Waals surface area contributed by atoms with Crippen molar-refractivity contribution in [2.45, 2.75) is 6.61 Å². The van der Waals surface area contributed by atoms with Crippen LogP contribution in [0.25, 0.3) is 10.8 Å². The van der Waals surface area contributed by atoms with Crippen molar-refractivity contribution < 1.29 is 9.13 Å². The van der Waals surface area contributed by atoms with Gasteiger partial charge in [-0.05, 0) is 41.1 Å². The third kappa shape index (κ3) is 3.20. The molecule has 4 heteroatoms. The predicted molar refractivity (Wildman–Crippen MR) is 87.4 cm³/mol. The van der Waals surface area contributed by atoms with Crippen LogP contribution >= 0.6 is 27.5 Å². The molecule has 0 N–H and O–H groups in total. The van der Waals surface area contributed by atoms with Gasteiger partial charge >= 0.3 is 0 Å². The first-order valence-electron chi connectivity index (χ1n) is 6.38. The van der Waals surface area contributed by atoms with E-state index in [4.69, 9.17) is 16.3 Å². The lowest BCUT2D eigenvalue weighted by Gasteiger charge is -2.09. The van der Waals surface area contributed by atoms with Crippen molar-refractivity contribution in [3.05, 3.63) is 75.5 Å². The van der Waals surface area contributed by atoms with E-state index in [-0.39, 0.29) is 12.4 Å². The number of benzene rings is 3. The summed E-state index contributed by atoms with van der Waals surface area (Å²) in [5.41, 5.74) is 0.478. The summed E-state index contributed by atoms with van der Waals surface area (Å²) in [7, 11) is 0. The molecule has 0 heterocycles. The average molecular weight is 366 g/mol. The maximum atomic E-state index is 13.7. The Bertz CT molecular complexity index is 804. The van der Waals surface area contributed by atoms with Crippen molar-refractivity contribution in [2.24, 2.45) is 0 Å². The first-order chi connectivity index (χ1) is 10.1. The molecule has 106 valence electrons. The smallest absolute Gasteiger partial charge is 0.131 e. The van der Waals surface area contributed by atoms with Crippen LogP contribution in [0.5, 0.6) is 5.75 Å². The molecule has 0 unspecified atom stereocenters. The Balaban J connectivity index is 1.83. The van der Waals surface area contributed by atoms with Crippen molar-refractivity contribution in [3.8, 4) is 5.75 Å². The SMILES string of the molecule is Fc1cc(Cl)ccc1COc1ccc2cccc(Br)c2c1. The molecule has 0 saturated carbocycles. The molecule has 21 heavy (non-hydrogen) atoms. The highest BCUT2D eigenvalue weighted by Gasteiger charge is 2.05. The minimum Gasteiger partial charge on any atom is -0.489 e. The van der Waals surface area contributed by atoms with Crippen molar-refractivity contribution in [2.75, 3.05) is 0 Å². The second-order valence-corrected chi connectivity index (χ2v) is 5.94. The molecule has 0 aliphatic carbocycles. The van der Waals surface area contributed by atoms with Crippen LogP contribution in [0, 0.1) is 5.82 Å². The zero-order valence-electron chi connectivity index (χ0n) is 10.9. The van der Waals surface area contributed by atoms with E-state index >= 15 is 0 Å². The van der Waals surface area contributed by atoms with Gasteiger partial charge in [0.1, 0.15) is 18.2 Å². The van der Waals surface area contributed by atoms with E-state index in [2.05, 4.69) is 15.9 Å². The maximum Gasteiger partial charge on any atom is 0.131 e. The molecule has 0 fully saturated rings. The van der Waals surface area contributed by atoms with E-state index < -0.39 is 0 Å². The largest absolute Gasteiger partial charge is 0.489 e. The number of hydrogen-bond donors (Lipinski definition) is 0. The highest BCUT2D eigenvalue weighted by Crippen LogP contribution is 2.28. The van der Waals surface area contributed by atoms with E-state index in [1.54, 1.807) is 12.1 Å². The highest BCUT2D eigenvalue weighted by molar-refractivity contribution is 9.10. The minimum absolute atomic E-state index is 0.166. The second kappa shape index (κ2) is 6.04. The van der Waals surface area contributed by atoms with E-state index in [1.165, 1.54) is 6.07 Å². The molecule has 0 atom stereocenters. The Morgan fingerprint density at radius 2 is 1.90 bits per heavy atom. The van der Waals surface area contributed by atoms with Gasteiger partial charge in [0.05, 0.1) is 0 Å². The van der Waals surface area contributed by atoms with Gasteiger partial charge in [-0.15, -0.1) is 0 Å². The lowest BCUT2D eigenvalue weighted by Crippen LogP contribution is -1.98. The van der Waals surface area contributed by atoms with Gasteiger partial charge in [0.15, 0.2) is 0 Å². The molecule has 0 amide bonds. The van der Waals surface area contributed by atoms with Gasteiger partial charge in [-0.3, -0.25) is 0 Å². The van der Waals surface area contributed by atoms with Crippen LogP contribution in [0.15, 0.2) is 59.1 Å². The van der Waals surface area contributed by atoms with Crippen molar-refractivity contribution in [1.82, 2.24) is 0 Å². The molecule has 3 aromatic rings. The molecular formula is C17H11BrClFO. The molecule has 3 rings (SSSR count). The first-order valence-corrected chi connectivity index (χ1v) is 7.55. The maximum absolute atomic E-state index is 13.7. The van der Waals surface area contributed by atoms with Crippen molar-refractivity contribution in [1.29, 1.82) is 0 Å². The lowest BCUT2D eigenvalue weighted by molar-refractivity contribution is 0.300. The van der Waals surface area contributed by atoms with E-state index in [0.717, 1.165) is 15.2 Å². The molecule has 3 aromatic carbocycles. The molecule has 0 spiro atoms. The molecule has 1 nitrogen and oxygen atoms in total. The zero-order valence-corrected chi connectivity index (χ0v) is 13.3. The summed E-state index contributed by atoms with van der Waals surface area (Å²) < 4.78 is 20.4. The van der Waals surface area contributed by atoms with Gasteiger partial charge < -0.3 is 4.74 Å². The average Bonchev–Trinajstić information content (AvgIpc) is 2.47. The fourth-order valence-electron chi connectivity index (χ4n) is 2.10. The molecule has 0 bridgehead atoms. The summed E-state index contributed by atoms with van der Waals surface area (Å²) in [4.78, 5) is 0. The summed E-state index contributed by atoms with van der Waals surface area (Å²) >= 11 is 9.25. The van der Waals surface area contributed by atoms with Gasteiger partial charge in [-0.1, -0.05) is 51.8 Å². The van der Waals surface area contributed by atoms with E-state index in [0.29, 0.717) is 16.3 Å². The fraction of sp³-hybridized carbons (Fsp3) is 0.0588. The van der Waals surface area contributed by atoms with E-state index in [1.807, 2.05) is 36.4 Å². The quantitative estimate of drug-likeness (QED) is 0.555. The van der Waals surface area contributed by atoms with Crippen LogP contribution in [0.4, 0.5) is 4.39 Å². The summed E-state index contributed by atoms with van der Waals surface area (Å²) in [5, 5.41) is 2.56. The number of ether oxygens (including phenoxy) is 1. The molecular weight excluding hydrogens is 355 g/mol. The second-order valence-electron chi connectivity index (χ2n) is 4.65. The molecule has 0 aliphatic heterocycles. The molecule has 0 aromatic heterocycles. The van der Waals surface area contributed by atoms with Gasteiger partial charge in [-0.25, -0.2) is 4.39 Å². The third-order valence-electron chi connectivity index (χ3n) is 3.21. The van der Waals surface area contributed by atoms with Crippen LogP contribution in [0.1, 0.15) is 5.56 Å². The summed E-state index contributed by atoms with van der Waals surface area (Å²) in [6.07, 6.45) is 0. The molecule has 0 aliphatic rings. The minimum atomic E-state index is -0.357. The fourth-order valence-corrected chi connectivity index (χ4v) is 2.76. The Morgan fingerprint density at radius 1 is 1.05 bits per heavy atom.